The van der Waals surface area contributed by atoms with Crippen molar-refractivity contribution in [1.82, 2.24) is 25.3 Å². The Hall–Kier alpha value is -5.49. The lowest BCUT2D eigenvalue weighted by atomic mass is 10.0. The third-order valence-electron chi connectivity index (χ3n) is 7.77. The van der Waals surface area contributed by atoms with Crippen LogP contribution in [0.2, 0.25) is 0 Å². The molecule has 0 bridgehead atoms. The van der Waals surface area contributed by atoms with Crippen molar-refractivity contribution in [3.63, 3.8) is 0 Å². The number of anilines is 2. The number of aromatic amines is 1. The highest BCUT2D eigenvalue weighted by molar-refractivity contribution is 6.07. The number of carbonyl (C=O) groups excluding carboxylic acids is 3. The van der Waals surface area contributed by atoms with Crippen molar-refractivity contribution in [3.05, 3.63) is 112 Å². The van der Waals surface area contributed by atoms with Gasteiger partial charge in [-0.2, -0.15) is 5.10 Å². The number of urea groups is 1. The third-order valence-corrected chi connectivity index (χ3v) is 7.77. The first kappa shape index (κ1) is 31.0. The maximum absolute atomic E-state index is 13.6. The molecule has 2 heterocycles. The van der Waals surface area contributed by atoms with E-state index in [1.165, 1.54) is 42.5 Å². The Morgan fingerprint density at radius 2 is 1.56 bits per heavy atom. The van der Waals surface area contributed by atoms with Gasteiger partial charge in [-0.25, -0.2) is 9.59 Å². The summed E-state index contributed by atoms with van der Waals surface area (Å²) in [6.45, 7) is 4.71. The van der Waals surface area contributed by atoms with Gasteiger partial charge < -0.3 is 30.9 Å². The Morgan fingerprint density at radius 1 is 0.911 bits per heavy atom. The van der Waals surface area contributed by atoms with Crippen LogP contribution in [0.25, 0.3) is 0 Å². The molecule has 0 radical (unpaired) electrons. The van der Waals surface area contributed by atoms with Crippen LogP contribution in [-0.4, -0.2) is 69.6 Å². The molecule has 0 saturated heterocycles. The summed E-state index contributed by atoms with van der Waals surface area (Å²) in [4.78, 5) is 54.4. The van der Waals surface area contributed by atoms with E-state index in [2.05, 4.69) is 26.1 Å². The number of likely N-dealkylation sites (N-methyl/N-ethyl adjacent to an activating group) is 1. The van der Waals surface area contributed by atoms with E-state index in [1.807, 2.05) is 63.2 Å². The fourth-order valence-electron chi connectivity index (χ4n) is 5.34. The molecule has 4 aromatic rings. The minimum atomic E-state index is -1.10. The standard InChI is InChI=1S/C33H35N7O5/c1-33(2)27-25(18-40(33)32(45)35-26(19-39(3)4)20-9-6-5-7-10-20)28(38-37-27)36-30(42)22-15-13-21(14-16-22)29(41)34-24-12-8-11-23(17-24)31(43)44/h5-17,26H,18-19H2,1-4H3,(H,34,41)(H,35,45)(H,43,44)(H2,36,37,38,42). The molecule has 1 atom stereocenters. The van der Waals surface area contributed by atoms with E-state index < -0.39 is 23.3 Å². The highest BCUT2D eigenvalue weighted by Crippen LogP contribution is 2.40. The maximum Gasteiger partial charge on any atom is 0.335 e. The monoisotopic (exact) mass is 609 g/mol. The normalized spacial score (nSPS) is 14.0. The number of aromatic carboxylic acids is 1. The van der Waals surface area contributed by atoms with Gasteiger partial charge in [-0.15, -0.1) is 0 Å². The average molecular weight is 610 g/mol. The molecule has 0 saturated carbocycles. The predicted molar refractivity (Wildman–Crippen MR) is 169 cm³/mol. The average Bonchev–Trinajstić information content (AvgIpc) is 3.54. The number of hydrogen-bond acceptors (Lipinski definition) is 6. The minimum absolute atomic E-state index is 0.0533. The Labute approximate surface area is 260 Å². The summed E-state index contributed by atoms with van der Waals surface area (Å²) in [6, 6.07) is 21.3. The molecule has 0 spiro atoms. The van der Waals surface area contributed by atoms with Crippen LogP contribution in [-0.2, 0) is 12.1 Å². The van der Waals surface area contributed by atoms with Gasteiger partial charge in [0.2, 0.25) is 0 Å². The van der Waals surface area contributed by atoms with Crippen LogP contribution in [0.5, 0.6) is 0 Å². The van der Waals surface area contributed by atoms with Crippen LogP contribution in [0.4, 0.5) is 16.3 Å². The zero-order chi connectivity index (χ0) is 32.3. The molecule has 232 valence electrons. The first-order valence-electron chi connectivity index (χ1n) is 14.4. The van der Waals surface area contributed by atoms with Gasteiger partial charge in [-0.1, -0.05) is 36.4 Å². The van der Waals surface area contributed by atoms with Crippen LogP contribution in [0.3, 0.4) is 0 Å². The number of carboxylic acids is 1. The maximum atomic E-state index is 13.6. The van der Waals surface area contributed by atoms with E-state index >= 15 is 0 Å². The summed E-state index contributed by atoms with van der Waals surface area (Å²) in [5, 5.41) is 25.2. The number of nitrogens with one attached hydrogen (secondary N) is 4. The number of rotatable bonds is 9. The number of carboxylic acid groups (broad SMARTS) is 1. The highest BCUT2D eigenvalue weighted by Gasteiger charge is 2.44. The van der Waals surface area contributed by atoms with Crippen molar-refractivity contribution in [2.75, 3.05) is 31.3 Å². The number of amides is 4. The quantitative estimate of drug-likeness (QED) is 0.184. The number of H-pyrrole nitrogens is 1. The van der Waals surface area contributed by atoms with Crippen LogP contribution in [0.15, 0.2) is 78.9 Å². The topological polar surface area (TPSA) is 160 Å². The summed E-state index contributed by atoms with van der Waals surface area (Å²) in [5.74, 6) is -1.65. The smallest absolute Gasteiger partial charge is 0.335 e. The van der Waals surface area contributed by atoms with E-state index in [9.17, 15) is 19.2 Å². The lowest BCUT2D eigenvalue weighted by Crippen LogP contribution is -2.48. The van der Waals surface area contributed by atoms with Crippen LogP contribution in [0, 0.1) is 0 Å². The van der Waals surface area contributed by atoms with Gasteiger partial charge in [0, 0.05) is 28.9 Å². The summed E-state index contributed by atoms with van der Waals surface area (Å²) in [5.41, 5.74) is 2.72. The van der Waals surface area contributed by atoms with Gasteiger partial charge >= 0.3 is 12.0 Å². The first-order valence-corrected chi connectivity index (χ1v) is 14.4. The second-order valence-corrected chi connectivity index (χ2v) is 11.6. The summed E-state index contributed by atoms with van der Waals surface area (Å²) in [7, 11) is 3.91. The molecule has 1 aliphatic heterocycles. The summed E-state index contributed by atoms with van der Waals surface area (Å²) in [6.07, 6.45) is 0. The molecule has 0 aliphatic carbocycles. The van der Waals surface area contributed by atoms with Crippen LogP contribution in [0.1, 0.15) is 67.8 Å². The zero-order valence-corrected chi connectivity index (χ0v) is 25.4. The van der Waals surface area contributed by atoms with Gasteiger partial charge in [0.15, 0.2) is 5.82 Å². The van der Waals surface area contributed by atoms with Gasteiger partial charge in [0.25, 0.3) is 11.8 Å². The zero-order valence-electron chi connectivity index (χ0n) is 25.4. The Bertz CT molecular complexity index is 1730. The molecule has 5 rings (SSSR count). The lowest BCUT2D eigenvalue weighted by molar-refractivity contribution is 0.0696. The fraction of sp³-hybridized carbons (Fsp3) is 0.242. The van der Waals surface area contributed by atoms with E-state index in [0.717, 1.165) is 11.3 Å². The number of hydrogen-bond donors (Lipinski definition) is 5. The van der Waals surface area contributed by atoms with E-state index in [0.29, 0.717) is 34.7 Å². The van der Waals surface area contributed by atoms with Crippen molar-refractivity contribution < 1.29 is 24.3 Å². The van der Waals surface area contributed by atoms with Crippen LogP contribution < -0.4 is 16.0 Å². The number of aromatic nitrogens is 2. The van der Waals surface area contributed by atoms with E-state index in [1.54, 1.807) is 11.0 Å². The molecule has 3 aromatic carbocycles. The third kappa shape index (κ3) is 6.70. The second kappa shape index (κ2) is 12.6. The van der Waals surface area contributed by atoms with Crippen molar-refractivity contribution >= 4 is 35.3 Å². The SMILES string of the molecule is CN(C)CC(NC(=O)N1Cc2c(NC(=O)c3ccc(C(=O)Nc4cccc(C(=O)O)c4)cc3)n[nH]c2C1(C)C)c1ccccc1. The van der Waals surface area contributed by atoms with Gasteiger partial charge in [-0.3, -0.25) is 14.7 Å². The first-order chi connectivity index (χ1) is 21.4. The molecular formula is C33H35N7O5. The fourth-order valence-corrected chi connectivity index (χ4v) is 5.34. The van der Waals surface area contributed by atoms with Crippen molar-refractivity contribution in [2.45, 2.75) is 32.0 Å². The van der Waals surface area contributed by atoms with E-state index in [-0.39, 0.29) is 24.2 Å². The molecule has 12 nitrogen and oxygen atoms in total. The van der Waals surface area contributed by atoms with Crippen molar-refractivity contribution in [2.24, 2.45) is 0 Å². The second-order valence-electron chi connectivity index (χ2n) is 11.6. The summed E-state index contributed by atoms with van der Waals surface area (Å²) >= 11 is 0. The van der Waals surface area contributed by atoms with Gasteiger partial charge in [-0.05, 0) is 76.0 Å². The molecule has 45 heavy (non-hydrogen) atoms. The molecule has 1 unspecified atom stereocenters. The lowest BCUT2D eigenvalue weighted by Gasteiger charge is -2.34. The number of carbonyl (C=O) groups is 4. The molecule has 4 amide bonds. The molecule has 1 aromatic heterocycles. The molecule has 12 heteroatoms. The molecule has 1 aliphatic rings. The predicted octanol–water partition coefficient (Wildman–Crippen LogP) is 4.68. The molecular weight excluding hydrogens is 574 g/mol. The number of fused-ring (bicyclic) bond motifs is 1. The Balaban J connectivity index is 1.25. The number of nitrogens with zero attached hydrogens (tertiary/aromatic N) is 3. The van der Waals surface area contributed by atoms with Crippen molar-refractivity contribution in [1.29, 1.82) is 0 Å². The number of benzene rings is 3. The minimum Gasteiger partial charge on any atom is -0.478 e. The highest BCUT2D eigenvalue weighted by atomic mass is 16.4. The molecule has 0 fully saturated rings. The van der Waals surface area contributed by atoms with E-state index in [4.69, 9.17) is 5.11 Å². The van der Waals surface area contributed by atoms with Crippen LogP contribution >= 0.6 is 0 Å². The molecule has 5 N–H and O–H groups in total. The Morgan fingerprint density at radius 3 is 2.18 bits per heavy atom. The largest absolute Gasteiger partial charge is 0.478 e. The Kier molecular flexibility index (Phi) is 8.68. The van der Waals surface area contributed by atoms with Gasteiger partial charge in [0.05, 0.1) is 29.4 Å². The van der Waals surface area contributed by atoms with Crippen molar-refractivity contribution in [3.8, 4) is 0 Å². The van der Waals surface area contributed by atoms with Gasteiger partial charge in [0.1, 0.15) is 0 Å². The summed E-state index contributed by atoms with van der Waals surface area (Å²) < 4.78 is 0.